The fourth-order valence-electron chi connectivity index (χ4n) is 2.79. The number of rotatable bonds is 1. The van der Waals surface area contributed by atoms with Gasteiger partial charge in [0.1, 0.15) is 0 Å². The molecule has 2 aliphatic rings. The minimum Gasteiger partial charge on any atom is -0.484 e. The normalized spacial score (nSPS) is 39.1. The summed E-state index contributed by atoms with van der Waals surface area (Å²) in [6.45, 7) is 0. The van der Waals surface area contributed by atoms with Crippen LogP contribution in [-0.4, -0.2) is 37.0 Å². The molecule has 0 radical (unpaired) electrons. The zero-order valence-corrected chi connectivity index (χ0v) is 8.42. The van der Waals surface area contributed by atoms with Gasteiger partial charge in [0, 0.05) is 18.0 Å². The van der Waals surface area contributed by atoms with E-state index in [9.17, 15) is 0 Å². The van der Waals surface area contributed by atoms with E-state index in [1.165, 1.54) is 12.8 Å². The van der Waals surface area contributed by atoms with Crippen molar-refractivity contribution in [3.8, 4) is 0 Å². The molecule has 13 heavy (non-hydrogen) atoms. The number of ether oxygens (including phenoxy) is 1. The lowest BCUT2D eigenvalue weighted by molar-refractivity contribution is 0.147. The van der Waals surface area contributed by atoms with Crippen molar-refractivity contribution in [2.45, 2.75) is 37.8 Å². The van der Waals surface area contributed by atoms with Gasteiger partial charge < -0.3 is 9.64 Å². The van der Waals surface area contributed by atoms with E-state index in [1.807, 2.05) is 0 Å². The molecule has 0 saturated carbocycles. The smallest absolute Gasteiger partial charge is 0.183 e. The molecule has 2 saturated heterocycles. The monoisotopic (exact) mass is 182 g/mol. The van der Waals surface area contributed by atoms with Gasteiger partial charge in [0.05, 0.1) is 7.11 Å². The predicted molar refractivity (Wildman–Crippen MR) is 52.0 cm³/mol. The zero-order valence-electron chi connectivity index (χ0n) is 8.42. The molecule has 2 unspecified atom stereocenters. The van der Waals surface area contributed by atoms with Crippen LogP contribution in [0.4, 0.5) is 0 Å². The molecule has 2 heterocycles. The topological polar surface area (TPSA) is 36.3 Å². The fourth-order valence-corrected chi connectivity index (χ4v) is 2.79. The number of hydrogen-bond donors (Lipinski definition) is 1. The molecular formula is C10H18N2O. The Bertz CT molecular complexity index is 203. The Hall–Kier alpha value is -0.570. The molecule has 1 N–H and O–H groups in total. The molecule has 2 bridgehead atoms. The van der Waals surface area contributed by atoms with Crippen LogP contribution in [0.25, 0.3) is 0 Å². The average Bonchev–Trinajstić information content (AvgIpc) is 2.42. The van der Waals surface area contributed by atoms with Crippen LogP contribution >= 0.6 is 0 Å². The van der Waals surface area contributed by atoms with Crippen LogP contribution in [0.2, 0.25) is 0 Å². The van der Waals surface area contributed by atoms with Crippen molar-refractivity contribution in [1.29, 1.82) is 5.41 Å². The standard InChI is InChI=1S/C10H18N2O/c1-12-8-3-4-9(12)6-7(5-8)10(11)13-2/h7-9,11H,3-6H2,1-2H3. The van der Waals surface area contributed by atoms with Gasteiger partial charge in [0.25, 0.3) is 0 Å². The SMILES string of the molecule is COC(=N)C1CC2CCC(C1)N2C. The zero-order chi connectivity index (χ0) is 9.42. The summed E-state index contributed by atoms with van der Waals surface area (Å²) in [6, 6.07) is 1.42. The van der Waals surface area contributed by atoms with Crippen LogP contribution in [0.5, 0.6) is 0 Å². The maximum Gasteiger partial charge on any atom is 0.183 e. The van der Waals surface area contributed by atoms with Gasteiger partial charge in [-0.15, -0.1) is 0 Å². The maximum atomic E-state index is 7.66. The Labute approximate surface area is 79.6 Å². The molecular weight excluding hydrogens is 164 g/mol. The van der Waals surface area contributed by atoms with E-state index < -0.39 is 0 Å². The molecule has 0 amide bonds. The van der Waals surface area contributed by atoms with E-state index in [1.54, 1.807) is 7.11 Å². The molecule has 2 atom stereocenters. The molecule has 0 aromatic heterocycles. The molecule has 2 rings (SSSR count). The second-order valence-electron chi connectivity index (χ2n) is 4.29. The summed E-state index contributed by atoms with van der Waals surface area (Å²) < 4.78 is 5.01. The van der Waals surface area contributed by atoms with E-state index in [0.29, 0.717) is 23.9 Å². The lowest BCUT2D eigenvalue weighted by atomic mass is 9.91. The van der Waals surface area contributed by atoms with Gasteiger partial charge in [0.15, 0.2) is 5.90 Å². The first-order valence-electron chi connectivity index (χ1n) is 5.06. The van der Waals surface area contributed by atoms with Gasteiger partial charge in [-0.2, -0.15) is 0 Å². The molecule has 3 nitrogen and oxygen atoms in total. The number of hydrogen-bond acceptors (Lipinski definition) is 3. The Morgan fingerprint density at radius 2 is 1.85 bits per heavy atom. The highest BCUT2D eigenvalue weighted by molar-refractivity contribution is 5.75. The van der Waals surface area contributed by atoms with Gasteiger partial charge in [-0.05, 0) is 32.7 Å². The Balaban J connectivity index is 2.02. The van der Waals surface area contributed by atoms with Crippen molar-refractivity contribution in [3.05, 3.63) is 0 Å². The Morgan fingerprint density at radius 1 is 1.31 bits per heavy atom. The van der Waals surface area contributed by atoms with Gasteiger partial charge >= 0.3 is 0 Å². The van der Waals surface area contributed by atoms with Crippen LogP contribution in [0, 0.1) is 11.3 Å². The van der Waals surface area contributed by atoms with Crippen molar-refractivity contribution in [3.63, 3.8) is 0 Å². The highest BCUT2D eigenvalue weighted by Gasteiger charge is 2.40. The van der Waals surface area contributed by atoms with E-state index in [0.717, 1.165) is 12.8 Å². The Morgan fingerprint density at radius 3 is 2.31 bits per heavy atom. The maximum absolute atomic E-state index is 7.66. The van der Waals surface area contributed by atoms with Crippen molar-refractivity contribution in [1.82, 2.24) is 4.90 Å². The van der Waals surface area contributed by atoms with Gasteiger partial charge in [-0.25, -0.2) is 0 Å². The third-order valence-corrected chi connectivity index (χ3v) is 3.69. The molecule has 0 aliphatic carbocycles. The largest absolute Gasteiger partial charge is 0.484 e. The summed E-state index contributed by atoms with van der Waals surface area (Å²) >= 11 is 0. The second kappa shape index (κ2) is 3.29. The predicted octanol–water partition coefficient (Wildman–Crippen LogP) is 1.48. The van der Waals surface area contributed by atoms with Crippen LogP contribution in [0.3, 0.4) is 0 Å². The molecule has 74 valence electrons. The quantitative estimate of drug-likeness (QED) is 0.492. The number of fused-ring (bicyclic) bond motifs is 2. The van der Waals surface area contributed by atoms with Crippen LogP contribution in [0.1, 0.15) is 25.7 Å². The van der Waals surface area contributed by atoms with Crippen LogP contribution < -0.4 is 0 Å². The highest BCUT2D eigenvalue weighted by atomic mass is 16.5. The van der Waals surface area contributed by atoms with E-state index in [4.69, 9.17) is 10.1 Å². The van der Waals surface area contributed by atoms with Gasteiger partial charge in [-0.1, -0.05) is 0 Å². The summed E-state index contributed by atoms with van der Waals surface area (Å²) in [5.41, 5.74) is 0. The summed E-state index contributed by atoms with van der Waals surface area (Å²) in [5, 5.41) is 7.66. The molecule has 0 aromatic rings. The van der Waals surface area contributed by atoms with E-state index in [-0.39, 0.29) is 0 Å². The van der Waals surface area contributed by atoms with E-state index >= 15 is 0 Å². The summed E-state index contributed by atoms with van der Waals surface area (Å²) in [7, 11) is 3.83. The molecule has 0 spiro atoms. The third kappa shape index (κ3) is 1.46. The number of nitrogens with one attached hydrogen (secondary N) is 1. The average molecular weight is 182 g/mol. The molecule has 3 heteroatoms. The molecule has 2 fully saturated rings. The number of nitrogens with zero attached hydrogens (tertiary/aromatic N) is 1. The highest BCUT2D eigenvalue weighted by Crippen LogP contribution is 2.37. The van der Waals surface area contributed by atoms with Crippen molar-refractivity contribution in [2.24, 2.45) is 5.92 Å². The first-order chi connectivity index (χ1) is 6.22. The first kappa shape index (κ1) is 9.00. The Kier molecular flexibility index (Phi) is 2.28. The van der Waals surface area contributed by atoms with Gasteiger partial charge in [-0.3, -0.25) is 5.41 Å². The number of piperidine rings is 1. The summed E-state index contributed by atoms with van der Waals surface area (Å²) in [4.78, 5) is 2.49. The van der Waals surface area contributed by atoms with E-state index in [2.05, 4.69) is 11.9 Å². The lowest BCUT2D eigenvalue weighted by Gasteiger charge is -2.35. The lowest BCUT2D eigenvalue weighted by Crippen LogP contribution is -2.42. The van der Waals surface area contributed by atoms with Gasteiger partial charge in [0.2, 0.25) is 0 Å². The van der Waals surface area contributed by atoms with Crippen molar-refractivity contribution >= 4 is 5.90 Å². The summed E-state index contributed by atoms with van der Waals surface area (Å²) in [5.74, 6) is 0.878. The third-order valence-electron chi connectivity index (χ3n) is 3.69. The number of methoxy groups -OCH3 is 1. The van der Waals surface area contributed by atoms with Crippen LogP contribution in [-0.2, 0) is 4.74 Å². The van der Waals surface area contributed by atoms with Crippen molar-refractivity contribution < 1.29 is 4.74 Å². The van der Waals surface area contributed by atoms with Crippen LogP contribution in [0.15, 0.2) is 0 Å². The molecule has 0 aromatic carbocycles. The van der Waals surface area contributed by atoms with Crippen molar-refractivity contribution in [2.75, 3.05) is 14.2 Å². The summed E-state index contributed by atoms with van der Waals surface area (Å²) in [6.07, 6.45) is 4.88. The minimum atomic E-state index is 0.388. The first-order valence-corrected chi connectivity index (χ1v) is 5.06. The second-order valence-corrected chi connectivity index (χ2v) is 4.29. The fraction of sp³-hybridized carbons (Fsp3) is 0.900. The minimum absolute atomic E-state index is 0.388. The molecule has 2 aliphatic heterocycles.